The first-order valence-electron chi connectivity index (χ1n) is 3.43. The van der Waals surface area contributed by atoms with Crippen LogP contribution in [0.4, 0.5) is 5.82 Å². The van der Waals surface area contributed by atoms with Gasteiger partial charge in [-0.2, -0.15) is 0 Å². The van der Waals surface area contributed by atoms with E-state index in [1.165, 1.54) is 0 Å². The molecule has 1 aromatic rings. The Labute approximate surface area is 70.8 Å². The molecule has 1 aromatic heterocycles. The van der Waals surface area contributed by atoms with E-state index in [4.69, 9.17) is 6.42 Å². The molecule has 0 aliphatic rings. The third-order valence-electron chi connectivity index (χ3n) is 1.26. The Balaban J connectivity index is 2.78. The topological polar surface area (TPSA) is 42.0 Å². The van der Waals surface area contributed by atoms with Crippen LogP contribution in [0, 0.1) is 19.3 Å². The molecule has 0 radical (unpaired) electrons. The Morgan fingerprint density at radius 1 is 1.67 bits per heavy atom. The van der Waals surface area contributed by atoms with Crippen molar-refractivity contribution in [1.29, 1.82) is 0 Å². The van der Waals surface area contributed by atoms with E-state index in [1.54, 1.807) is 12.1 Å². The molecule has 0 aliphatic heterocycles. The SMILES string of the molecule is C#CC(=O)Nc1cccc(C)n1. The van der Waals surface area contributed by atoms with E-state index in [2.05, 4.69) is 10.3 Å². The maximum Gasteiger partial charge on any atom is 0.301 e. The van der Waals surface area contributed by atoms with Crippen molar-refractivity contribution in [2.45, 2.75) is 6.92 Å². The van der Waals surface area contributed by atoms with Gasteiger partial charge in [-0.25, -0.2) is 4.98 Å². The Morgan fingerprint density at radius 3 is 3.00 bits per heavy atom. The summed E-state index contributed by atoms with van der Waals surface area (Å²) in [6, 6.07) is 5.32. The summed E-state index contributed by atoms with van der Waals surface area (Å²) in [4.78, 5) is 14.7. The largest absolute Gasteiger partial charge is 0.301 e. The van der Waals surface area contributed by atoms with Crippen LogP contribution < -0.4 is 5.32 Å². The van der Waals surface area contributed by atoms with Gasteiger partial charge in [0, 0.05) is 5.69 Å². The van der Waals surface area contributed by atoms with Gasteiger partial charge in [0.05, 0.1) is 0 Å². The predicted octanol–water partition coefficient (Wildman–Crippen LogP) is 0.962. The second-order valence-corrected chi connectivity index (χ2v) is 2.26. The minimum atomic E-state index is -0.479. The van der Waals surface area contributed by atoms with Crippen LogP contribution in [0.15, 0.2) is 18.2 Å². The molecule has 0 bridgehead atoms. The zero-order valence-electron chi connectivity index (χ0n) is 6.66. The summed E-state index contributed by atoms with van der Waals surface area (Å²) < 4.78 is 0. The molecule has 0 saturated carbocycles. The summed E-state index contributed by atoms with van der Waals surface area (Å²) in [6.45, 7) is 1.84. The molecular weight excluding hydrogens is 152 g/mol. The smallest absolute Gasteiger partial charge is 0.300 e. The quantitative estimate of drug-likeness (QED) is 0.622. The second-order valence-electron chi connectivity index (χ2n) is 2.26. The van der Waals surface area contributed by atoms with Crippen LogP contribution in [0.25, 0.3) is 0 Å². The van der Waals surface area contributed by atoms with Crippen molar-refractivity contribution in [2.75, 3.05) is 5.32 Å². The molecule has 1 heterocycles. The number of aromatic nitrogens is 1. The molecule has 3 nitrogen and oxygen atoms in total. The third-order valence-corrected chi connectivity index (χ3v) is 1.26. The van der Waals surface area contributed by atoms with Crippen molar-refractivity contribution in [3.63, 3.8) is 0 Å². The molecule has 0 atom stereocenters. The van der Waals surface area contributed by atoms with Crippen LogP contribution >= 0.6 is 0 Å². The molecule has 0 spiro atoms. The van der Waals surface area contributed by atoms with Gasteiger partial charge in [-0.05, 0) is 25.0 Å². The lowest BCUT2D eigenvalue weighted by atomic mass is 10.4. The first-order chi connectivity index (χ1) is 5.72. The first kappa shape index (κ1) is 8.28. The molecule has 1 rings (SSSR count). The van der Waals surface area contributed by atoms with Gasteiger partial charge in [0.1, 0.15) is 5.82 Å². The van der Waals surface area contributed by atoms with E-state index < -0.39 is 5.91 Å². The molecule has 0 saturated heterocycles. The summed E-state index contributed by atoms with van der Waals surface area (Å²) in [6.07, 6.45) is 4.87. The number of anilines is 1. The van der Waals surface area contributed by atoms with Crippen molar-refractivity contribution in [3.05, 3.63) is 23.9 Å². The van der Waals surface area contributed by atoms with Crippen LogP contribution in [-0.2, 0) is 4.79 Å². The molecule has 3 heteroatoms. The molecule has 0 fully saturated rings. The number of aryl methyl sites for hydroxylation is 1. The van der Waals surface area contributed by atoms with E-state index >= 15 is 0 Å². The highest BCUT2D eigenvalue weighted by molar-refractivity contribution is 6.02. The molecular formula is C9H8N2O. The summed E-state index contributed by atoms with van der Waals surface area (Å²) in [5, 5.41) is 2.45. The highest BCUT2D eigenvalue weighted by atomic mass is 16.1. The molecule has 60 valence electrons. The molecule has 0 aromatic carbocycles. The number of carbonyl (C=O) groups is 1. The van der Waals surface area contributed by atoms with Crippen LogP contribution in [0.2, 0.25) is 0 Å². The van der Waals surface area contributed by atoms with Gasteiger partial charge in [0.15, 0.2) is 0 Å². The summed E-state index contributed by atoms with van der Waals surface area (Å²) >= 11 is 0. The Bertz CT molecular complexity index is 339. The average molecular weight is 160 g/mol. The number of hydrogen-bond acceptors (Lipinski definition) is 2. The summed E-state index contributed by atoms with van der Waals surface area (Å²) in [5.74, 6) is 1.95. The average Bonchev–Trinajstić information content (AvgIpc) is 2.04. The maximum atomic E-state index is 10.7. The first-order valence-corrected chi connectivity index (χ1v) is 3.43. The highest BCUT2D eigenvalue weighted by Crippen LogP contribution is 2.02. The number of pyridine rings is 1. The van der Waals surface area contributed by atoms with E-state index in [0.717, 1.165) is 5.69 Å². The number of nitrogens with one attached hydrogen (secondary N) is 1. The monoisotopic (exact) mass is 160 g/mol. The predicted molar refractivity (Wildman–Crippen MR) is 46.4 cm³/mol. The molecule has 12 heavy (non-hydrogen) atoms. The number of hydrogen-bond donors (Lipinski definition) is 1. The fraction of sp³-hybridized carbons (Fsp3) is 0.111. The van der Waals surface area contributed by atoms with E-state index in [-0.39, 0.29) is 0 Å². The van der Waals surface area contributed by atoms with Gasteiger partial charge in [0.25, 0.3) is 0 Å². The zero-order valence-corrected chi connectivity index (χ0v) is 6.66. The zero-order chi connectivity index (χ0) is 8.97. The minimum absolute atomic E-state index is 0.479. The van der Waals surface area contributed by atoms with Crippen molar-refractivity contribution < 1.29 is 4.79 Å². The summed E-state index contributed by atoms with van der Waals surface area (Å²) in [5.41, 5.74) is 0.838. The number of nitrogens with zero attached hydrogens (tertiary/aromatic N) is 1. The number of terminal acetylenes is 1. The van der Waals surface area contributed by atoms with Crippen LogP contribution in [0.1, 0.15) is 5.69 Å². The van der Waals surface area contributed by atoms with E-state index in [0.29, 0.717) is 5.82 Å². The fourth-order valence-electron chi connectivity index (χ4n) is 0.765. The molecule has 1 N–H and O–H groups in total. The van der Waals surface area contributed by atoms with Crippen LogP contribution in [-0.4, -0.2) is 10.9 Å². The van der Waals surface area contributed by atoms with Gasteiger partial charge in [-0.3, -0.25) is 10.1 Å². The fourth-order valence-corrected chi connectivity index (χ4v) is 0.765. The maximum absolute atomic E-state index is 10.7. The summed E-state index contributed by atoms with van der Waals surface area (Å²) in [7, 11) is 0. The molecule has 0 aliphatic carbocycles. The van der Waals surface area contributed by atoms with Gasteiger partial charge < -0.3 is 0 Å². The van der Waals surface area contributed by atoms with Crippen molar-refractivity contribution in [2.24, 2.45) is 0 Å². The van der Waals surface area contributed by atoms with E-state index in [9.17, 15) is 4.79 Å². The van der Waals surface area contributed by atoms with Crippen LogP contribution in [0.5, 0.6) is 0 Å². The van der Waals surface area contributed by atoms with Crippen molar-refractivity contribution in [3.8, 4) is 12.3 Å². The van der Waals surface area contributed by atoms with Crippen molar-refractivity contribution >= 4 is 11.7 Å². The standard InChI is InChI=1S/C9H8N2O/c1-3-9(12)11-8-6-4-5-7(2)10-8/h1,4-6H,2H3,(H,10,11,12). The Morgan fingerprint density at radius 2 is 2.42 bits per heavy atom. The van der Waals surface area contributed by atoms with Crippen LogP contribution in [0.3, 0.4) is 0 Å². The van der Waals surface area contributed by atoms with Gasteiger partial charge >= 0.3 is 5.91 Å². The van der Waals surface area contributed by atoms with Gasteiger partial charge in [-0.15, -0.1) is 6.42 Å². The van der Waals surface area contributed by atoms with Gasteiger partial charge in [0.2, 0.25) is 0 Å². The molecule has 0 unspecified atom stereocenters. The lowest BCUT2D eigenvalue weighted by molar-refractivity contribution is -0.111. The lowest BCUT2D eigenvalue weighted by Crippen LogP contribution is -2.09. The lowest BCUT2D eigenvalue weighted by Gasteiger charge is -1.99. The highest BCUT2D eigenvalue weighted by Gasteiger charge is 1.97. The number of rotatable bonds is 1. The Kier molecular flexibility index (Phi) is 2.44. The third kappa shape index (κ3) is 2.10. The number of carbonyl (C=O) groups excluding carboxylic acids is 1. The Hall–Kier alpha value is -1.82. The van der Waals surface area contributed by atoms with Gasteiger partial charge in [-0.1, -0.05) is 6.07 Å². The number of amides is 1. The van der Waals surface area contributed by atoms with Crippen molar-refractivity contribution in [1.82, 2.24) is 4.98 Å². The second kappa shape index (κ2) is 3.54. The normalized spacial score (nSPS) is 8.67. The minimum Gasteiger partial charge on any atom is -0.300 e. The van der Waals surface area contributed by atoms with E-state index in [1.807, 2.05) is 18.9 Å². The molecule has 1 amide bonds.